The zero-order valence-electron chi connectivity index (χ0n) is 18.9. The average Bonchev–Trinajstić information content (AvgIpc) is 3.60. The first-order chi connectivity index (χ1) is 17.3. The Kier molecular flexibility index (Phi) is 5.12. The molecule has 0 aliphatic carbocycles. The van der Waals surface area contributed by atoms with Gasteiger partial charge in [0, 0.05) is 35.3 Å². The molecule has 0 bridgehead atoms. The minimum Gasteiger partial charge on any atom is -0.338 e. The molecule has 0 saturated heterocycles. The molecule has 5 heterocycles. The van der Waals surface area contributed by atoms with Crippen molar-refractivity contribution >= 4 is 32.0 Å². The maximum Gasteiger partial charge on any atom is 0.209 e. The number of aromatic amines is 3. The lowest BCUT2D eigenvalue weighted by Crippen LogP contribution is -2.21. The number of H-pyrrole nitrogens is 3. The largest absolute Gasteiger partial charge is 0.338 e. The lowest BCUT2D eigenvalue weighted by atomic mass is 10.0. The number of halogens is 1. The number of nitrogens with zero attached hydrogens (tertiary/aromatic N) is 4. The highest BCUT2D eigenvalue weighted by atomic mass is 32.2. The Hall–Kier alpha value is -4.42. The number of pyridine rings is 2. The van der Waals surface area contributed by atoms with Gasteiger partial charge in [0.1, 0.15) is 17.2 Å². The molecule has 0 aliphatic heterocycles. The zero-order chi connectivity index (χ0) is 24.9. The summed E-state index contributed by atoms with van der Waals surface area (Å²) in [6.45, 7) is -0.0114. The van der Waals surface area contributed by atoms with E-state index in [4.69, 9.17) is 0 Å². The van der Waals surface area contributed by atoms with Gasteiger partial charge < -0.3 is 4.98 Å². The van der Waals surface area contributed by atoms with Crippen molar-refractivity contribution in [2.75, 3.05) is 6.26 Å². The fourth-order valence-corrected chi connectivity index (χ4v) is 4.63. The van der Waals surface area contributed by atoms with Gasteiger partial charge in [-0.25, -0.2) is 22.5 Å². The lowest BCUT2D eigenvalue weighted by molar-refractivity contribution is 0.586. The summed E-state index contributed by atoms with van der Waals surface area (Å²) in [5.74, 6) is -0.462. The Balaban J connectivity index is 1.44. The van der Waals surface area contributed by atoms with Gasteiger partial charge in [-0.05, 0) is 53.1 Å². The molecule has 6 aromatic rings. The van der Waals surface area contributed by atoms with Gasteiger partial charge in [0.2, 0.25) is 10.0 Å². The molecule has 4 N–H and O–H groups in total. The fourth-order valence-electron chi connectivity index (χ4n) is 4.20. The summed E-state index contributed by atoms with van der Waals surface area (Å²) in [6.07, 6.45) is 7.89. The molecule has 180 valence electrons. The Labute approximate surface area is 204 Å². The second-order valence-electron chi connectivity index (χ2n) is 8.42. The molecule has 5 aromatic heterocycles. The Morgan fingerprint density at radius 1 is 1.03 bits per heavy atom. The van der Waals surface area contributed by atoms with Gasteiger partial charge >= 0.3 is 0 Å². The maximum atomic E-state index is 14.5. The van der Waals surface area contributed by atoms with Gasteiger partial charge in [0.25, 0.3) is 0 Å². The molecule has 6 rings (SSSR count). The summed E-state index contributed by atoms with van der Waals surface area (Å²) in [5, 5.41) is 15.9. The third-order valence-corrected chi connectivity index (χ3v) is 6.50. The second kappa shape index (κ2) is 8.36. The van der Waals surface area contributed by atoms with Gasteiger partial charge in [0.05, 0.1) is 35.6 Å². The first-order valence-corrected chi connectivity index (χ1v) is 12.8. The van der Waals surface area contributed by atoms with Crippen molar-refractivity contribution in [2.24, 2.45) is 0 Å². The highest BCUT2D eigenvalue weighted by Gasteiger charge is 2.16. The van der Waals surface area contributed by atoms with Crippen LogP contribution < -0.4 is 4.72 Å². The van der Waals surface area contributed by atoms with E-state index >= 15 is 0 Å². The van der Waals surface area contributed by atoms with Crippen molar-refractivity contribution in [3.63, 3.8) is 0 Å². The molecule has 0 radical (unpaired) electrons. The van der Waals surface area contributed by atoms with E-state index in [9.17, 15) is 12.8 Å². The molecule has 0 saturated carbocycles. The van der Waals surface area contributed by atoms with Crippen molar-refractivity contribution in [3.8, 4) is 33.8 Å². The fraction of sp³-hybridized carbons (Fsp3) is 0.0833. The number of nitrogens with one attached hydrogen (secondary N) is 4. The van der Waals surface area contributed by atoms with Crippen molar-refractivity contribution in [3.05, 3.63) is 72.6 Å². The number of hydrogen-bond donors (Lipinski definition) is 4. The average molecular weight is 503 g/mol. The Morgan fingerprint density at radius 2 is 1.92 bits per heavy atom. The third kappa shape index (κ3) is 4.12. The molecule has 1 aromatic carbocycles. The molecular weight excluding hydrogens is 483 g/mol. The Morgan fingerprint density at radius 3 is 2.72 bits per heavy atom. The van der Waals surface area contributed by atoms with E-state index in [0.717, 1.165) is 45.1 Å². The zero-order valence-corrected chi connectivity index (χ0v) is 19.7. The minimum atomic E-state index is -3.41. The van der Waals surface area contributed by atoms with Gasteiger partial charge in [-0.3, -0.25) is 15.2 Å². The van der Waals surface area contributed by atoms with E-state index in [2.05, 4.69) is 40.1 Å². The minimum absolute atomic E-state index is 0.0114. The van der Waals surface area contributed by atoms with Crippen LogP contribution in [0.25, 0.3) is 55.7 Å². The molecule has 10 nitrogen and oxygen atoms in total. The molecule has 0 unspecified atom stereocenters. The highest BCUT2D eigenvalue weighted by Crippen LogP contribution is 2.34. The second-order valence-corrected chi connectivity index (χ2v) is 10.3. The standard InChI is InChI=1S/C24H19FN8O2S/c1-36(34,35)30-9-13-4-14(6-16(25)5-13)17-2-3-26-24-18(17)7-21(31-24)23-19-8-20(15-10-28-29-11-15)27-12-22(19)32-33-23/h2-8,10-12,30H,9H2,1H3,(H,26,31)(H,28,29)(H,32,33). The van der Waals surface area contributed by atoms with E-state index < -0.39 is 15.8 Å². The van der Waals surface area contributed by atoms with Crippen molar-refractivity contribution < 1.29 is 12.8 Å². The number of sulfonamides is 1. The SMILES string of the molecule is CS(=O)(=O)NCc1cc(F)cc(-c2ccnc3[nH]c(-c4n[nH]c5cnc(-c6cn[nH]c6)cc45)cc23)c1. The van der Waals surface area contributed by atoms with Crippen LogP contribution in [0.4, 0.5) is 4.39 Å². The summed E-state index contributed by atoms with van der Waals surface area (Å²) < 4.78 is 39.8. The topological polar surface area (TPSA) is 145 Å². The van der Waals surface area contributed by atoms with Crippen LogP contribution in [0.2, 0.25) is 0 Å². The predicted octanol–water partition coefficient (Wildman–Crippen LogP) is 3.75. The molecule has 0 atom stereocenters. The molecule has 12 heteroatoms. The van der Waals surface area contributed by atoms with Crippen LogP contribution in [0.5, 0.6) is 0 Å². The molecule has 0 spiro atoms. The van der Waals surface area contributed by atoms with Gasteiger partial charge in [-0.1, -0.05) is 0 Å². The van der Waals surface area contributed by atoms with Crippen LogP contribution in [-0.2, 0) is 16.6 Å². The first-order valence-electron chi connectivity index (χ1n) is 10.9. The van der Waals surface area contributed by atoms with Crippen molar-refractivity contribution in [1.82, 2.24) is 40.1 Å². The van der Waals surface area contributed by atoms with Gasteiger partial charge in [-0.2, -0.15) is 10.2 Å². The number of aromatic nitrogens is 7. The molecule has 0 aliphatic rings. The molecule has 0 amide bonds. The van der Waals surface area contributed by atoms with Crippen LogP contribution in [0.1, 0.15) is 5.56 Å². The number of fused-ring (bicyclic) bond motifs is 2. The van der Waals surface area contributed by atoms with Gasteiger partial charge in [0.15, 0.2) is 0 Å². The third-order valence-electron chi connectivity index (χ3n) is 5.84. The molecular formula is C24H19FN8O2S. The maximum absolute atomic E-state index is 14.5. The molecule has 36 heavy (non-hydrogen) atoms. The van der Waals surface area contributed by atoms with E-state index in [1.807, 2.05) is 12.1 Å². The van der Waals surface area contributed by atoms with Crippen LogP contribution in [-0.4, -0.2) is 50.0 Å². The summed E-state index contributed by atoms with van der Waals surface area (Å²) in [5.41, 5.74) is 6.29. The van der Waals surface area contributed by atoms with Crippen LogP contribution in [0, 0.1) is 5.82 Å². The normalized spacial score (nSPS) is 12.1. The lowest BCUT2D eigenvalue weighted by Gasteiger charge is -2.08. The summed E-state index contributed by atoms with van der Waals surface area (Å²) in [7, 11) is -3.41. The summed E-state index contributed by atoms with van der Waals surface area (Å²) in [6, 6.07) is 10.1. The van der Waals surface area contributed by atoms with E-state index in [-0.39, 0.29) is 6.54 Å². The Bertz CT molecular complexity index is 1840. The monoisotopic (exact) mass is 502 g/mol. The van der Waals surface area contributed by atoms with Crippen molar-refractivity contribution in [1.29, 1.82) is 0 Å². The van der Waals surface area contributed by atoms with Crippen LogP contribution >= 0.6 is 0 Å². The summed E-state index contributed by atoms with van der Waals surface area (Å²) in [4.78, 5) is 12.2. The van der Waals surface area contributed by atoms with Crippen LogP contribution in [0.3, 0.4) is 0 Å². The first kappa shape index (κ1) is 22.1. The predicted molar refractivity (Wildman–Crippen MR) is 134 cm³/mol. The van der Waals surface area contributed by atoms with E-state index in [1.54, 1.807) is 36.9 Å². The number of rotatable bonds is 6. The highest BCUT2D eigenvalue weighted by molar-refractivity contribution is 7.88. The van der Waals surface area contributed by atoms with E-state index in [0.29, 0.717) is 22.5 Å². The molecule has 0 fully saturated rings. The number of hydrogen-bond acceptors (Lipinski definition) is 6. The van der Waals surface area contributed by atoms with Gasteiger partial charge in [-0.15, -0.1) is 0 Å². The number of benzene rings is 1. The smallest absolute Gasteiger partial charge is 0.209 e. The quantitative estimate of drug-likeness (QED) is 0.273. The van der Waals surface area contributed by atoms with Crippen LogP contribution in [0.15, 0.2) is 61.2 Å². The van der Waals surface area contributed by atoms with E-state index in [1.165, 1.54) is 12.1 Å². The van der Waals surface area contributed by atoms with Crippen molar-refractivity contribution in [2.45, 2.75) is 6.54 Å². The summed E-state index contributed by atoms with van der Waals surface area (Å²) >= 11 is 0.